The first-order valence-electron chi connectivity index (χ1n) is 5.75. The van der Waals surface area contributed by atoms with E-state index in [0.29, 0.717) is 0 Å². The number of hydrogen-bond donors (Lipinski definition) is 1. The Balaban J connectivity index is 2.45. The molecule has 0 aliphatic rings. The molecule has 1 heterocycles. The molecular formula is C14H18N2O. The van der Waals surface area contributed by atoms with Gasteiger partial charge in [-0.1, -0.05) is 44.2 Å². The predicted octanol–water partition coefficient (Wildman–Crippen LogP) is 2.36. The zero-order valence-corrected chi connectivity index (χ0v) is 10.5. The molecule has 2 aromatic rings. The van der Waals surface area contributed by atoms with Crippen LogP contribution in [-0.4, -0.2) is 21.5 Å². The first kappa shape index (κ1) is 11.9. The Morgan fingerprint density at radius 2 is 1.88 bits per heavy atom. The van der Waals surface area contributed by atoms with Crippen molar-refractivity contribution in [1.29, 1.82) is 0 Å². The molecule has 0 aliphatic heterocycles. The van der Waals surface area contributed by atoms with Crippen LogP contribution in [0, 0.1) is 0 Å². The molecule has 0 spiro atoms. The van der Waals surface area contributed by atoms with E-state index in [1.54, 1.807) is 0 Å². The van der Waals surface area contributed by atoms with Crippen molar-refractivity contribution in [3.05, 3.63) is 42.1 Å². The molecule has 17 heavy (non-hydrogen) atoms. The summed E-state index contributed by atoms with van der Waals surface area (Å²) < 4.78 is 1.85. The summed E-state index contributed by atoms with van der Waals surface area (Å²) in [6.45, 7) is 4.14. The molecule has 0 unspecified atom stereocenters. The normalized spacial score (nSPS) is 11.8. The van der Waals surface area contributed by atoms with Crippen LogP contribution >= 0.6 is 0 Å². The van der Waals surface area contributed by atoms with Gasteiger partial charge >= 0.3 is 0 Å². The van der Waals surface area contributed by atoms with Gasteiger partial charge in [0.25, 0.3) is 0 Å². The number of aliphatic hydroxyl groups excluding tert-OH is 1. The van der Waals surface area contributed by atoms with Crippen molar-refractivity contribution >= 4 is 0 Å². The van der Waals surface area contributed by atoms with E-state index in [0.717, 1.165) is 17.0 Å². The maximum Gasteiger partial charge on any atom is 0.0926 e. The average Bonchev–Trinajstić information content (AvgIpc) is 2.73. The monoisotopic (exact) mass is 230 g/mol. The van der Waals surface area contributed by atoms with Crippen molar-refractivity contribution < 1.29 is 5.11 Å². The van der Waals surface area contributed by atoms with Crippen LogP contribution < -0.4 is 0 Å². The number of aromatic nitrogens is 2. The van der Waals surface area contributed by atoms with Crippen LogP contribution in [-0.2, 0) is 12.5 Å². The minimum Gasteiger partial charge on any atom is -0.395 e. The lowest BCUT2D eigenvalue weighted by Crippen LogP contribution is -2.25. The van der Waals surface area contributed by atoms with Crippen molar-refractivity contribution in [3.63, 3.8) is 0 Å². The first-order chi connectivity index (χ1) is 8.04. The van der Waals surface area contributed by atoms with Gasteiger partial charge in [0.15, 0.2) is 0 Å². The number of rotatable bonds is 3. The van der Waals surface area contributed by atoms with E-state index in [4.69, 9.17) is 0 Å². The largest absolute Gasteiger partial charge is 0.395 e. The van der Waals surface area contributed by atoms with Crippen molar-refractivity contribution in [2.45, 2.75) is 19.3 Å². The minimum absolute atomic E-state index is 0.112. The summed E-state index contributed by atoms with van der Waals surface area (Å²) in [7, 11) is 1.92. The summed E-state index contributed by atoms with van der Waals surface area (Å²) in [5, 5.41) is 13.9. The third-order valence-corrected chi connectivity index (χ3v) is 3.04. The van der Waals surface area contributed by atoms with E-state index < -0.39 is 0 Å². The van der Waals surface area contributed by atoms with Crippen LogP contribution in [0.2, 0.25) is 0 Å². The number of aryl methyl sites for hydroxylation is 1. The van der Waals surface area contributed by atoms with Crippen molar-refractivity contribution in [2.24, 2.45) is 7.05 Å². The summed E-state index contributed by atoms with van der Waals surface area (Å²) >= 11 is 0. The van der Waals surface area contributed by atoms with Crippen LogP contribution in [0.1, 0.15) is 19.5 Å². The first-order valence-corrected chi connectivity index (χ1v) is 5.75. The Kier molecular flexibility index (Phi) is 3.03. The lowest BCUT2D eigenvalue weighted by atomic mass is 9.90. The van der Waals surface area contributed by atoms with Crippen molar-refractivity contribution in [3.8, 4) is 11.3 Å². The summed E-state index contributed by atoms with van der Waals surface area (Å²) in [6.07, 6.45) is 0. The third-order valence-electron chi connectivity index (χ3n) is 3.04. The Bertz CT molecular complexity index is 500. The van der Waals surface area contributed by atoms with Crippen LogP contribution in [0.25, 0.3) is 11.3 Å². The zero-order chi connectivity index (χ0) is 12.5. The van der Waals surface area contributed by atoms with Crippen LogP contribution in [0.3, 0.4) is 0 Å². The molecule has 0 amide bonds. The van der Waals surface area contributed by atoms with Gasteiger partial charge in [0.2, 0.25) is 0 Å². The quantitative estimate of drug-likeness (QED) is 0.879. The molecular weight excluding hydrogens is 212 g/mol. The summed E-state index contributed by atoms with van der Waals surface area (Å²) in [5.74, 6) is 0. The second-order valence-corrected chi connectivity index (χ2v) is 4.95. The summed E-state index contributed by atoms with van der Waals surface area (Å²) in [5.41, 5.74) is 2.82. The molecule has 0 saturated carbocycles. The minimum atomic E-state index is -0.269. The highest BCUT2D eigenvalue weighted by molar-refractivity contribution is 5.59. The van der Waals surface area contributed by atoms with E-state index in [2.05, 4.69) is 5.10 Å². The molecule has 0 fully saturated rings. The van der Waals surface area contributed by atoms with Gasteiger partial charge < -0.3 is 5.11 Å². The van der Waals surface area contributed by atoms with Crippen LogP contribution in [0.15, 0.2) is 36.4 Å². The van der Waals surface area contributed by atoms with Crippen molar-refractivity contribution in [2.75, 3.05) is 6.61 Å². The van der Waals surface area contributed by atoms with Gasteiger partial charge in [-0.2, -0.15) is 5.10 Å². The number of aliphatic hydroxyl groups is 1. The SMILES string of the molecule is Cn1nc(-c2ccccc2)cc1C(C)(C)CO. The molecule has 1 N–H and O–H groups in total. The molecule has 3 nitrogen and oxygen atoms in total. The van der Waals surface area contributed by atoms with Crippen LogP contribution in [0.4, 0.5) is 0 Å². The summed E-state index contributed by atoms with van der Waals surface area (Å²) in [4.78, 5) is 0. The van der Waals surface area contributed by atoms with Crippen LogP contribution in [0.5, 0.6) is 0 Å². The molecule has 3 heteroatoms. The van der Waals surface area contributed by atoms with E-state index in [1.165, 1.54) is 0 Å². The number of nitrogens with zero attached hydrogens (tertiary/aromatic N) is 2. The molecule has 0 radical (unpaired) electrons. The molecule has 1 aromatic heterocycles. The van der Waals surface area contributed by atoms with Gasteiger partial charge in [-0.3, -0.25) is 4.68 Å². The second-order valence-electron chi connectivity index (χ2n) is 4.95. The fourth-order valence-corrected chi connectivity index (χ4v) is 1.93. The Morgan fingerprint density at radius 1 is 1.24 bits per heavy atom. The highest BCUT2D eigenvalue weighted by Gasteiger charge is 2.24. The topological polar surface area (TPSA) is 38.0 Å². The van der Waals surface area contributed by atoms with Gasteiger partial charge in [-0.15, -0.1) is 0 Å². The molecule has 0 atom stereocenters. The fourth-order valence-electron chi connectivity index (χ4n) is 1.93. The molecule has 90 valence electrons. The Labute approximate surface area is 102 Å². The maximum atomic E-state index is 9.41. The van der Waals surface area contributed by atoms with Gasteiger partial charge in [-0.05, 0) is 6.07 Å². The molecule has 0 bridgehead atoms. The fraction of sp³-hybridized carbons (Fsp3) is 0.357. The molecule has 0 aliphatic carbocycles. The predicted molar refractivity (Wildman–Crippen MR) is 68.8 cm³/mol. The second kappa shape index (κ2) is 4.34. The van der Waals surface area contributed by atoms with E-state index >= 15 is 0 Å². The molecule has 2 rings (SSSR count). The number of hydrogen-bond acceptors (Lipinski definition) is 2. The van der Waals surface area contributed by atoms with Gasteiger partial charge in [0.05, 0.1) is 12.3 Å². The van der Waals surface area contributed by atoms with Gasteiger partial charge in [0, 0.05) is 23.7 Å². The molecule has 1 aromatic carbocycles. The maximum absolute atomic E-state index is 9.41. The van der Waals surface area contributed by atoms with Gasteiger partial charge in [0.1, 0.15) is 0 Å². The smallest absolute Gasteiger partial charge is 0.0926 e. The lowest BCUT2D eigenvalue weighted by molar-refractivity contribution is 0.211. The van der Waals surface area contributed by atoms with Crippen molar-refractivity contribution in [1.82, 2.24) is 9.78 Å². The lowest BCUT2D eigenvalue weighted by Gasteiger charge is -2.21. The third kappa shape index (κ3) is 2.24. The van der Waals surface area contributed by atoms with E-state index in [-0.39, 0.29) is 12.0 Å². The highest BCUT2D eigenvalue weighted by Crippen LogP contribution is 2.26. The Hall–Kier alpha value is -1.61. The standard InChI is InChI=1S/C14H18N2O/c1-14(2,10-17)13-9-12(15-16(13)3)11-7-5-4-6-8-11/h4-9,17H,10H2,1-3H3. The highest BCUT2D eigenvalue weighted by atomic mass is 16.3. The van der Waals surface area contributed by atoms with E-state index in [9.17, 15) is 5.11 Å². The van der Waals surface area contributed by atoms with Gasteiger partial charge in [-0.25, -0.2) is 0 Å². The molecule has 0 saturated heterocycles. The number of benzene rings is 1. The summed E-state index contributed by atoms with van der Waals surface area (Å²) in [6, 6.07) is 12.1. The van der Waals surface area contributed by atoms with E-state index in [1.807, 2.05) is 62.0 Å². The zero-order valence-electron chi connectivity index (χ0n) is 10.5. The average molecular weight is 230 g/mol. The Morgan fingerprint density at radius 3 is 2.47 bits per heavy atom.